The molecular formula is C25H22FN3O3. The van der Waals surface area contributed by atoms with E-state index >= 15 is 0 Å². The summed E-state index contributed by atoms with van der Waals surface area (Å²) in [6.45, 7) is 2.15. The van der Waals surface area contributed by atoms with Gasteiger partial charge in [-0.2, -0.15) is 0 Å². The van der Waals surface area contributed by atoms with Crippen LogP contribution in [0.5, 0.6) is 0 Å². The van der Waals surface area contributed by atoms with Gasteiger partial charge in [-0.25, -0.2) is 4.39 Å². The zero-order valence-corrected chi connectivity index (χ0v) is 17.5. The van der Waals surface area contributed by atoms with E-state index < -0.39 is 11.7 Å². The van der Waals surface area contributed by atoms with Crippen LogP contribution in [0, 0.1) is 18.7 Å². The van der Waals surface area contributed by atoms with Gasteiger partial charge in [-0.15, -0.1) is 0 Å². The maximum atomic E-state index is 13.1. The second kappa shape index (κ2) is 9.01. The van der Waals surface area contributed by atoms with Gasteiger partial charge in [0, 0.05) is 35.6 Å². The Hall–Kier alpha value is -4.00. The standard InChI is InChI=1S/C25H22FN3O3/c1-16-4-2-6-21(12-16)28-24(31)17-5-3-7-22(13-17)29-15-18(14-23(29)30)25(32)27-20-10-8-19(26)9-11-20/h2-13,18H,14-15H2,1H3,(H,27,32)(H,28,31)/t18-/m0/s1. The van der Waals surface area contributed by atoms with Gasteiger partial charge in [0.25, 0.3) is 5.91 Å². The third-order valence-corrected chi connectivity index (χ3v) is 5.30. The predicted octanol–water partition coefficient (Wildman–Crippen LogP) is 4.38. The van der Waals surface area contributed by atoms with Crippen LogP contribution >= 0.6 is 0 Å². The Labute approximate surface area is 185 Å². The summed E-state index contributed by atoms with van der Waals surface area (Å²) in [6.07, 6.45) is 0.0622. The molecule has 0 spiro atoms. The zero-order chi connectivity index (χ0) is 22.7. The van der Waals surface area contributed by atoms with Crippen LogP contribution < -0.4 is 15.5 Å². The van der Waals surface area contributed by atoms with E-state index in [0.717, 1.165) is 5.56 Å². The highest BCUT2D eigenvalue weighted by Gasteiger charge is 2.35. The van der Waals surface area contributed by atoms with Gasteiger partial charge in [-0.3, -0.25) is 14.4 Å². The van der Waals surface area contributed by atoms with Gasteiger partial charge >= 0.3 is 0 Å². The van der Waals surface area contributed by atoms with Crippen molar-refractivity contribution in [2.75, 3.05) is 22.1 Å². The number of rotatable bonds is 5. The van der Waals surface area contributed by atoms with E-state index in [-0.39, 0.29) is 30.7 Å². The van der Waals surface area contributed by atoms with Gasteiger partial charge < -0.3 is 15.5 Å². The Morgan fingerprint density at radius 1 is 0.938 bits per heavy atom. The number of carbonyl (C=O) groups is 3. The number of halogens is 1. The van der Waals surface area contributed by atoms with Gasteiger partial charge in [-0.05, 0) is 67.1 Å². The number of nitrogens with zero attached hydrogens (tertiary/aromatic N) is 1. The third-order valence-electron chi connectivity index (χ3n) is 5.30. The van der Waals surface area contributed by atoms with Crippen molar-refractivity contribution in [2.45, 2.75) is 13.3 Å². The highest BCUT2D eigenvalue weighted by molar-refractivity contribution is 6.07. The average Bonchev–Trinajstić information content (AvgIpc) is 3.17. The SMILES string of the molecule is Cc1cccc(NC(=O)c2cccc(N3C[C@@H](C(=O)Nc4ccc(F)cc4)CC3=O)c2)c1. The zero-order valence-electron chi connectivity index (χ0n) is 17.5. The van der Waals surface area contributed by atoms with Crippen molar-refractivity contribution in [3.63, 3.8) is 0 Å². The van der Waals surface area contributed by atoms with E-state index in [4.69, 9.17) is 0 Å². The van der Waals surface area contributed by atoms with Gasteiger partial charge in [0.05, 0.1) is 5.92 Å². The van der Waals surface area contributed by atoms with E-state index in [9.17, 15) is 18.8 Å². The molecule has 0 bridgehead atoms. The summed E-state index contributed by atoms with van der Waals surface area (Å²) in [6, 6.07) is 19.7. The van der Waals surface area contributed by atoms with Crippen molar-refractivity contribution < 1.29 is 18.8 Å². The number of anilines is 3. The molecule has 1 heterocycles. The minimum atomic E-state index is -0.544. The van der Waals surface area contributed by atoms with Crippen molar-refractivity contribution in [3.8, 4) is 0 Å². The highest BCUT2D eigenvalue weighted by Crippen LogP contribution is 2.27. The molecule has 1 aliphatic rings. The lowest BCUT2D eigenvalue weighted by atomic mass is 10.1. The Morgan fingerprint density at radius 2 is 1.69 bits per heavy atom. The van der Waals surface area contributed by atoms with Crippen molar-refractivity contribution in [3.05, 3.63) is 89.7 Å². The Kier molecular flexibility index (Phi) is 5.98. The molecule has 1 saturated heterocycles. The number of nitrogens with one attached hydrogen (secondary N) is 2. The molecule has 3 amide bonds. The first-order valence-electron chi connectivity index (χ1n) is 10.2. The summed E-state index contributed by atoms with van der Waals surface area (Å²) >= 11 is 0. The summed E-state index contributed by atoms with van der Waals surface area (Å²) in [5.41, 5.74) is 3.16. The Balaban J connectivity index is 1.44. The number of amides is 3. The molecule has 0 radical (unpaired) electrons. The summed E-state index contributed by atoms with van der Waals surface area (Å²) in [4.78, 5) is 39.4. The molecule has 0 aliphatic carbocycles. The molecule has 0 aromatic heterocycles. The van der Waals surface area contributed by atoms with Crippen molar-refractivity contribution >= 4 is 34.8 Å². The minimum Gasteiger partial charge on any atom is -0.326 e. The van der Waals surface area contributed by atoms with Crippen LogP contribution in [0.3, 0.4) is 0 Å². The second-order valence-corrected chi connectivity index (χ2v) is 7.78. The first-order chi connectivity index (χ1) is 15.4. The van der Waals surface area contributed by atoms with Crippen LogP contribution in [0.25, 0.3) is 0 Å². The lowest BCUT2D eigenvalue weighted by Crippen LogP contribution is -2.28. The van der Waals surface area contributed by atoms with E-state index in [1.807, 2.05) is 31.2 Å². The van der Waals surface area contributed by atoms with E-state index in [0.29, 0.717) is 22.6 Å². The van der Waals surface area contributed by atoms with Gasteiger partial charge in [0.2, 0.25) is 11.8 Å². The molecule has 2 N–H and O–H groups in total. The molecule has 6 nitrogen and oxygen atoms in total. The molecule has 3 aromatic rings. The molecule has 1 fully saturated rings. The summed E-state index contributed by atoms with van der Waals surface area (Å²) in [5.74, 6) is -1.72. The largest absolute Gasteiger partial charge is 0.326 e. The smallest absolute Gasteiger partial charge is 0.255 e. The topological polar surface area (TPSA) is 78.5 Å². The van der Waals surface area contributed by atoms with Crippen LogP contribution in [0.1, 0.15) is 22.3 Å². The summed E-state index contributed by atoms with van der Waals surface area (Å²) < 4.78 is 13.1. The monoisotopic (exact) mass is 431 g/mol. The van der Waals surface area contributed by atoms with Crippen LogP contribution in [0.15, 0.2) is 72.8 Å². The first-order valence-corrected chi connectivity index (χ1v) is 10.2. The van der Waals surface area contributed by atoms with E-state index in [1.165, 1.54) is 29.2 Å². The van der Waals surface area contributed by atoms with Gasteiger partial charge in [-0.1, -0.05) is 18.2 Å². The summed E-state index contributed by atoms with van der Waals surface area (Å²) in [5, 5.41) is 5.57. The molecule has 1 aliphatic heterocycles. The van der Waals surface area contributed by atoms with E-state index in [2.05, 4.69) is 10.6 Å². The molecular weight excluding hydrogens is 409 g/mol. The average molecular weight is 431 g/mol. The molecule has 3 aromatic carbocycles. The van der Waals surface area contributed by atoms with Gasteiger partial charge in [0.1, 0.15) is 5.82 Å². The second-order valence-electron chi connectivity index (χ2n) is 7.78. The number of carbonyl (C=O) groups excluding carboxylic acids is 3. The van der Waals surface area contributed by atoms with Crippen molar-refractivity contribution in [1.29, 1.82) is 0 Å². The number of aryl methyl sites for hydroxylation is 1. The molecule has 0 unspecified atom stereocenters. The molecule has 32 heavy (non-hydrogen) atoms. The minimum absolute atomic E-state index is 0.0622. The molecule has 162 valence electrons. The van der Waals surface area contributed by atoms with Crippen LogP contribution in [-0.2, 0) is 9.59 Å². The fraction of sp³-hybridized carbons (Fsp3) is 0.160. The molecule has 4 rings (SSSR count). The van der Waals surface area contributed by atoms with Crippen LogP contribution in [0.4, 0.5) is 21.5 Å². The normalized spacial score (nSPS) is 15.5. The lowest BCUT2D eigenvalue weighted by molar-refractivity contribution is -0.122. The molecule has 1 atom stereocenters. The third kappa shape index (κ3) is 4.83. The molecule has 7 heteroatoms. The quantitative estimate of drug-likeness (QED) is 0.629. The first kappa shape index (κ1) is 21.2. The van der Waals surface area contributed by atoms with E-state index in [1.54, 1.807) is 24.3 Å². The number of hydrogen-bond donors (Lipinski definition) is 2. The fourth-order valence-corrected chi connectivity index (χ4v) is 3.65. The van der Waals surface area contributed by atoms with Gasteiger partial charge in [0.15, 0.2) is 0 Å². The maximum absolute atomic E-state index is 13.1. The fourth-order valence-electron chi connectivity index (χ4n) is 3.65. The van der Waals surface area contributed by atoms with Crippen molar-refractivity contribution in [2.24, 2.45) is 5.92 Å². The summed E-state index contributed by atoms with van der Waals surface area (Å²) in [7, 11) is 0. The number of hydrogen-bond acceptors (Lipinski definition) is 3. The van der Waals surface area contributed by atoms with Crippen LogP contribution in [0.2, 0.25) is 0 Å². The Morgan fingerprint density at radius 3 is 2.44 bits per heavy atom. The maximum Gasteiger partial charge on any atom is 0.255 e. The Bertz CT molecular complexity index is 1180. The van der Waals surface area contributed by atoms with Crippen LogP contribution in [-0.4, -0.2) is 24.3 Å². The molecule has 0 saturated carbocycles. The van der Waals surface area contributed by atoms with Crippen molar-refractivity contribution in [1.82, 2.24) is 0 Å². The highest BCUT2D eigenvalue weighted by atomic mass is 19.1. The number of benzene rings is 3. The lowest BCUT2D eigenvalue weighted by Gasteiger charge is -2.18. The predicted molar refractivity (Wildman–Crippen MR) is 121 cm³/mol.